The molecule has 0 saturated heterocycles. The van der Waals surface area contributed by atoms with Crippen LogP contribution in [0.2, 0.25) is 0 Å². The SMILES string of the molecule is CC(=O)c1ccc2c(c1)NCS2. The third-order valence-electron chi connectivity index (χ3n) is 1.88. The minimum atomic E-state index is 0.122. The molecule has 0 radical (unpaired) electrons. The highest BCUT2D eigenvalue weighted by Gasteiger charge is 2.11. The number of Topliss-reactive ketones (excluding diaryl/α,β-unsaturated/α-hetero) is 1. The molecule has 0 unspecified atom stereocenters. The van der Waals surface area contributed by atoms with Crippen LogP contribution in [-0.2, 0) is 0 Å². The molecule has 0 atom stereocenters. The molecule has 1 aliphatic heterocycles. The topological polar surface area (TPSA) is 29.1 Å². The zero-order chi connectivity index (χ0) is 8.55. The Labute approximate surface area is 75.4 Å². The van der Waals surface area contributed by atoms with Crippen LogP contribution in [0.5, 0.6) is 0 Å². The summed E-state index contributed by atoms with van der Waals surface area (Å²) in [5.41, 5.74) is 1.87. The summed E-state index contributed by atoms with van der Waals surface area (Å²) in [7, 11) is 0. The van der Waals surface area contributed by atoms with Gasteiger partial charge in [-0.05, 0) is 19.1 Å². The monoisotopic (exact) mass is 179 g/mol. The van der Waals surface area contributed by atoms with Crippen LogP contribution in [0.4, 0.5) is 5.69 Å². The van der Waals surface area contributed by atoms with Crippen molar-refractivity contribution in [1.29, 1.82) is 0 Å². The van der Waals surface area contributed by atoms with E-state index in [2.05, 4.69) is 5.32 Å². The summed E-state index contributed by atoms with van der Waals surface area (Å²) in [6.45, 7) is 1.59. The van der Waals surface area contributed by atoms with Gasteiger partial charge >= 0.3 is 0 Å². The molecule has 0 bridgehead atoms. The molecule has 0 fully saturated rings. The molecule has 2 rings (SSSR count). The van der Waals surface area contributed by atoms with E-state index in [-0.39, 0.29) is 5.78 Å². The normalized spacial score (nSPS) is 13.8. The highest BCUT2D eigenvalue weighted by atomic mass is 32.2. The second kappa shape index (κ2) is 2.83. The van der Waals surface area contributed by atoms with E-state index >= 15 is 0 Å². The first kappa shape index (κ1) is 7.68. The fourth-order valence-electron chi connectivity index (χ4n) is 1.20. The first-order valence-corrected chi connectivity index (χ1v) is 4.77. The van der Waals surface area contributed by atoms with Crippen LogP contribution in [0.25, 0.3) is 0 Å². The third-order valence-corrected chi connectivity index (χ3v) is 2.83. The van der Waals surface area contributed by atoms with Crippen LogP contribution in [-0.4, -0.2) is 11.7 Å². The maximum Gasteiger partial charge on any atom is 0.159 e. The van der Waals surface area contributed by atoms with Crippen LogP contribution in [0.3, 0.4) is 0 Å². The van der Waals surface area contributed by atoms with E-state index in [0.717, 1.165) is 17.1 Å². The summed E-state index contributed by atoms with van der Waals surface area (Å²) in [5, 5.41) is 3.21. The molecule has 0 amide bonds. The minimum absolute atomic E-state index is 0.122. The van der Waals surface area contributed by atoms with E-state index in [1.165, 1.54) is 4.90 Å². The molecule has 1 aromatic rings. The van der Waals surface area contributed by atoms with Gasteiger partial charge in [0.1, 0.15) is 0 Å². The predicted molar refractivity (Wildman–Crippen MR) is 50.8 cm³/mol. The molecular weight excluding hydrogens is 170 g/mol. The molecule has 0 aliphatic carbocycles. The van der Waals surface area contributed by atoms with Crippen LogP contribution in [0.15, 0.2) is 23.1 Å². The van der Waals surface area contributed by atoms with E-state index in [1.54, 1.807) is 18.7 Å². The Balaban J connectivity index is 2.45. The van der Waals surface area contributed by atoms with Gasteiger partial charge in [0, 0.05) is 16.1 Å². The fourth-order valence-corrected chi connectivity index (χ4v) is 2.04. The molecule has 2 nitrogen and oxygen atoms in total. The molecule has 1 N–H and O–H groups in total. The van der Waals surface area contributed by atoms with Gasteiger partial charge < -0.3 is 5.32 Å². The summed E-state index contributed by atoms with van der Waals surface area (Å²) in [5.74, 6) is 1.04. The molecule has 0 aromatic heterocycles. The highest BCUT2D eigenvalue weighted by molar-refractivity contribution is 7.99. The summed E-state index contributed by atoms with van der Waals surface area (Å²) in [4.78, 5) is 12.2. The lowest BCUT2D eigenvalue weighted by Gasteiger charge is -1.99. The van der Waals surface area contributed by atoms with Gasteiger partial charge in [0.15, 0.2) is 5.78 Å². The Morgan fingerprint density at radius 1 is 1.58 bits per heavy atom. The lowest BCUT2D eigenvalue weighted by molar-refractivity contribution is 0.101. The van der Waals surface area contributed by atoms with Crippen molar-refractivity contribution in [2.45, 2.75) is 11.8 Å². The van der Waals surface area contributed by atoms with Crippen molar-refractivity contribution in [2.24, 2.45) is 0 Å². The van der Waals surface area contributed by atoms with Crippen LogP contribution < -0.4 is 5.32 Å². The third kappa shape index (κ3) is 1.20. The number of ketones is 1. The van der Waals surface area contributed by atoms with Gasteiger partial charge in [0.05, 0.1) is 5.88 Å². The van der Waals surface area contributed by atoms with E-state index < -0.39 is 0 Å². The maximum absolute atomic E-state index is 11.0. The first-order chi connectivity index (χ1) is 5.77. The summed E-state index contributed by atoms with van der Waals surface area (Å²) >= 11 is 1.77. The zero-order valence-electron chi connectivity index (χ0n) is 6.76. The molecule has 12 heavy (non-hydrogen) atoms. The standard InChI is InChI=1S/C9H9NOS/c1-6(11)7-2-3-9-8(4-7)10-5-12-9/h2-4,10H,5H2,1H3. The number of carbonyl (C=O) groups is 1. The number of nitrogens with one attached hydrogen (secondary N) is 1. The number of rotatable bonds is 1. The lowest BCUT2D eigenvalue weighted by atomic mass is 10.1. The number of thioether (sulfide) groups is 1. The zero-order valence-corrected chi connectivity index (χ0v) is 7.57. The Kier molecular flexibility index (Phi) is 1.81. The van der Waals surface area contributed by atoms with Gasteiger partial charge in [-0.25, -0.2) is 0 Å². The Hall–Kier alpha value is -0.960. The van der Waals surface area contributed by atoms with Crippen molar-refractivity contribution in [3.63, 3.8) is 0 Å². The average Bonchev–Trinajstić information content (AvgIpc) is 2.49. The number of anilines is 1. The molecule has 1 aliphatic rings. The molecule has 3 heteroatoms. The van der Waals surface area contributed by atoms with Crippen LogP contribution in [0.1, 0.15) is 17.3 Å². The quantitative estimate of drug-likeness (QED) is 0.671. The van der Waals surface area contributed by atoms with E-state index in [0.29, 0.717) is 0 Å². The smallest absolute Gasteiger partial charge is 0.159 e. The maximum atomic E-state index is 11.0. The molecule has 62 valence electrons. The number of hydrogen-bond acceptors (Lipinski definition) is 3. The number of fused-ring (bicyclic) bond motifs is 1. The molecule has 0 saturated carbocycles. The van der Waals surface area contributed by atoms with Crippen molar-refractivity contribution in [3.8, 4) is 0 Å². The van der Waals surface area contributed by atoms with Gasteiger partial charge in [-0.1, -0.05) is 6.07 Å². The second-order valence-corrected chi connectivity index (χ2v) is 3.75. The highest BCUT2D eigenvalue weighted by Crippen LogP contribution is 2.33. The van der Waals surface area contributed by atoms with Gasteiger partial charge in [-0.15, -0.1) is 11.8 Å². The summed E-state index contributed by atoms with van der Waals surface area (Å²) in [6.07, 6.45) is 0. The number of hydrogen-bond donors (Lipinski definition) is 1. The van der Waals surface area contributed by atoms with E-state index in [4.69, 9.17) is 0 Å². The molecule has 1 aromatic carbocycles. The van der Waals surface area contributed by atoms with Gasteiger partial charge in [-0.3, -0.25) is 4.79 Å². The summed E-state index contributed by atoms with van der Waals surface area (Å²) < 4.78 is 0. The lowest BCUT2D eigenvalue weighted by Crippen LogP contribution is -1.94. The largest absolute Gasteiger partial charge is 0.375 e. The van der Waals surface area contributed by atoms with Crippen LogP contribution in [0, 0.1) is 0 Å². The Bertz CT molecular complexity index is 335. The van der Waals surface area contributed by atoms with E-state index in [1.807, 2.05) is 18.2 Å². The second-order valence-electron chi connectivity index (χ2n) is 2.73. The Morgan fingerprint density at radius 3 is 3.17 bits per heavy atom. The minimum Gasteiger partial charge on any atom is -0.375 e. The van der Waals surface area contributed by atoms with Crippen molar-refractivity contribution in [3.05, 3.63) is 23.8 Å². The first-order valence-electron chi connectivity index (χ1n) is 3.79. The molecule has 0 spiro atoms. The predicted octanol–water partition coefficient (Wildman–Crippen LogP) is 2.36. The fraction of sp³-hybridized carbons (Fsp3) is 0.222. The molecule has 1 heterocycles. The number of carbonyl (C=O) groups excluding carboxylic acids is 1. The summed E-state index contributed by atoms with van der Waals surface area (Å²) in [6, 6.07) is 5.79. The Morgan fingerprint density at radius 2 is 2.42 bits per heavy atom. The van der Waals surface area contributed by atoms with Crippen molar-refractivity contribution >= 4 is 23.2 Å². The van der Waals surface area contributed by atoms with Crippen molar-refractivity contribution in [1.82, 2.24) is 0 Å². The van der Waals surface area contributed by atoms with Gasteiger partial charge in [0.2, 0.25) is 0 Å². The van der Waals surface area contributed by atoms with Crippen molar-refractivity contribution in [2.75, 3.05) is 11.2 Å². The van der Waals surface area contributed by atoms with Crippen LogP contribution >= 0.6 is 11.8 Å². The van der Waals surface area contributed by atoms with Gasteiger partial charge in [0.25, 0.3) is 0 Å². The average molecular weight is 179 g/mol. The van der Waals surface area contributed by atoms with E-state index in [9.17, 15) is 4.79 Å². The van der Waals surface area contributed by atoms with Gasteiger partial charge in [-0.2, -0.15) is 0 Å². The number of benzene rings is 1. The van der Waals surface area contributed by atoms with Crippen molar-refractivity contribution < 1.29 is 4.79 Å². The molecular formula is C9H9NOS.